The lowest BCUT2D eigenvalue weighted by atomic mass is 10.1. The van der Waals surface area contributed by atoms with Crippen molar-refractivity contribution in [3.8, 4) is 5.75 Å². The molecule has 0 saturated carbocycles. The van der Waals surface area contributed by atoms with E-state index in [4.69, 9.17) is 0 Å². The van der Waals surface area contributed by atoms with Crippen molar-refractivity contribution in [3.63, 3.8) is 0 Å². The summed E-state index contributed by atoms with van der Waals surface area (Å²) in [5.74, 6) is 0.355. The molecule has 3 heteroatoms. The number of nitrogens with one attached hydrogen (secondary N) is 1. The number of hydrogen-bond donors (Lipinski definition) is 2. The molecule has 2 rings (SSSR count). The summed E-state index contributed by atoms with van der Waals surface area (Å²) < 4.78 is 0. The van der Waals surface area contributed by atoms with Crippen LogP contribution in [0.4, 0.5) is 0 Å². The van der Waals surface area contributed by atoms with Gasteiger partial charge in [-0.15, -0.1) is 0 Å². The zero-order valence-corrected chi connectivity index (χ0v) is 9.98. The van der Waals surface area contributed by atoms with E-state index in [0.717, 1.165) is 19.6 Å². The molecule has 2 unspecified atom stereocenters. The Morgan fingerprint density at radius 3 is 2.62 bits per heavy atom. The molecule has 1 aliphatic heterocycles. The first kappa shape index (κ1) is 11.4. The molecule has 88 valence electrons. The molecule has 1 aromatic rings. The molecule has 1 heterocycles. The molecule has 0 aromatic heterocycles. The fourth-order valence-electron chi connectivity index (χ4n) is 2.35. The molecule has 2 N–H and O–H groups in total. The minimum absolute atomic E-state index is 0.355. The zero-order valence-electron chi connectivity index (χ0n) is 9.98. The van der Waals surface area contributed by atoms with Crippen molar-refractivity contribution in [1.29, 1.82) is 0 Å². The molecule has 16 heavy (non-hydrogen) atoms. The highest BCUT2D eigenvalue weighted by Gasteiger charge is 2.24. The molecule has 2 atom stereocenters. The summed E-state index contributed by atoms with van der Waals surface area (Å²) in [7, 11) is 0. The van der Waals surface area contributed by atoms with Crippen LogP contribution in [0.5, 0.6) is 5.75 Å². The smallest absolute Gasteiger partial charge is 0.115 e. The van der Waals surface area contributed by atoms with Crippen molar-refractivity contribution in [2.45, 2.75) is 32.5 Å². The van der Waals surface area contributed by atoms with Gasteiger partial charge in [-0.2, -0.15) is 0 Å². The van der Waals surface area contributed by atoms with Gasteiger partial charge in [0.15, 0.2) is 0 Å². The van der Waals surface area contributed by atoms with Gasteiger partial charge in [0.1, 0.15) is 5.75 Å². The fourth-order valence-corrected chi connectivity index (χ4v) is 2.35. The Balaban J connectivity index is 2.07. The number of phenolic OH excluding ortho intramolecular Hbond substituents is 1. The first-order valence-corrected chi connectivity index (χ1v) is 5.91. The van der Waals surface area contributed by atoms with Crippen LogP contribution < -0.4 is 5.32 Å². The minimum Gasteiger partial charge on any atom is -0.508 e. The van der Waals surface area contributed by atoms with Crippen LogP contribution in [0.3, 0.4) is 0 Å². The highest BCUT2D eigenvalue weighted by atomic mass is 16.3. The van der Waals surface area contributed by atoms with E-state index in [1.807, 2.05) is 12.1 Å². The molecular weight excluding hydrogens is 200 g/mol. The second-order valence-electron chi connectivity index (χ2n) is 4.70. The van der Waals surface area contributed by atoms with E-state index in [0.29, 0.717) is 17.8 Å². The monoisotopic (exact) mass is 220 g/mol. The third-order valence-corrected chi connectivity index (χ3v) is 3.29. The molecule has 0 spiro atoms. The number of benzene rings is 1. The van der Waals surface area contributed by atoms with Gasteiger partial charge in [0.05, 0.1) is 0 Å². The normalized spacial score (nSPS) is 26.9. The SMILES string of the molecule is CC1CNCC(C)N1Cc1cccc(O)c1. The average Bonchev–Trinajstić information content (AvgIpc) is 2.24. The van der Waals surface area contributed by atoms with Gasteiger partial charge in [0.2, 0.25) is 0 Å². The van der Waals surface area contributed by atoms with Crippen molar-refractivity contribution < 1.29 is 5.11 Å². The van der Waals surface area contributed by atoms with E-state index in [2.05, 4.69) is 30.1 Å². The molecule has 1 aromatic carbocycles. The Hall–Kier alpha value is -1.06. The van der Waals surface area contributed by atoms with Crippen molar-refractivity contribution in [2.24, 2.45) is 0 Å². The standard InChI is InChI=1S/C13H20N2O/c1-10-7-14-8-11(2)15(10)9-12-4-3-5-13(16)6-12/h3-6,10-11,14,16H,7-9H2,1-2H3. The third-order valence-electron chi connectivity index (χ3n) is 3.29. The van der Waals surface area contributed by atoms with E-state index in [1.165, 1.54) is 5.56 Å². The molecule has 0 aliphatic carbocycles. The Kier molecular flexibility index (Phi) is 3.46. The maximum atomic E-state index is 9.44. The molecule has 1 fully saturated rings. The number of aromatic hydroxyl groups is 1. The quantitative estimate of drug-likeness (QED) is 0.794. The Morgan fingerprint density at radius 1 is 1.31 bits per heavy atom. The van der Waals surface area contributed by atoms with E-state index in [9.17, 15) is 5.11 Å². The topological polar surface area (TPSA) is 35.5 Å². The molecule has 0 radical (unpaired) electrons. The predicted molar refractivity (Wildman–Crippen MR) is 65.4 cm³/mol. The van der Waals surface area contributed by atoms with Crippen LogP contribution in [0.1, 0.15) is 19.4 Å². The Labute approximate surface area is 97.1 Å². The van der Waals surface area contributed by atoms with Gasteiger partial charge in [-0.1, -0.05) is 12.1 Å². The maximum absolute atomic E-state index is 9.44. The van der Waals surface area contributed by atoms with Crippen LogP contribution in [0, 0.1) is 0 Å². The van der Waals surface area contributed by atoms with Crippen LogP contribution in [-0.4, -0.2) is 35.2 Å². The van der Waals surface area contributed by atoms with Crippen LogP contribution in [0.25, 0.3) is 0 Å². The van der Waals surface area contributed by atoms with E-state index in [1.54, 1.807) is 6.07 Å². The molecule has 1 saturated heterocycles. The highest BCUT2D eigenvalue weighted by Crippen LogP contribution is 2.17. The van der Waals surface area contributed by atoms with Gasteiger partial charge in [0, 0.05) is 31.7 Å². The van der Waals surface area contributed by atoms with Crippen molar-refractivity contribution in [1.82, 2.24) is 10.2 Å². The Bertz CT molecular complexity index is 344. The average molecular weight is 220 g/mol. The van der Waals surface area contributed by atoms with Crippen LogP contribution in [0.2, 0.25) is 0 Å². The maximum Gasteiger partial charge on any atom is 0.115 e. The minimum atomic E-state index is 0.355. The van der Waals surface area contributed by atoms with Crippen LogP contribution in [-0.2, 0) is 6.54 Å². The number of piperazine rings is 1. The number of nitrogens with zero attached hydrogens (tertiary/aromatic N) is 1. The number of phenols is 1. The van der Waals surface area contributed by atoms with Crippen molar-refractivity contribution in [3.05, 3.63) is 29.8 Å². The summed E-state index contributed by atoms with van der Waals surface area (Å²) in [5, 5.41) is 12.9. The molecule has 0 bridgehead atoms. The molecule has 0 amide bonds. The van der Waals surface area contributed by atoms with Crippen LogP contribution in [0.15, 0.2) is 24.3 Å². The number of hydrogen-bond acceptors (Lipinski definition) is 3. The van der Waals surface area contributed by atoms with E-state index < -0.39 is 0 Å². The summed E-state index contributed by atoms with van der Waals surface area (Å²) in [4.78, 5) is 2.48. The second kappa shape index (κ2) is 4.85. The van der Waals surface area contributed by atoms with Gasteiger partial charge < -0.3 is 10.4 Å². The molecule has 3 nitrogen and oxygen atoms in total. The lowest BCUT2D eigenvalue weighted by Gasteiger charge is -2.39. The largest absolute Gasteiger partial charge is 0.508 e. The molecule has 1 aliphatic rings. The lowest BCUT2D eigenvalue weighted by Crippen LogP contribution is -2.54. The summed E-state index contributed by atoms with van der Waals surface area (Å²) in [6, 6.07) is 8.64. The van der Waals surface area contributed by atoms with Crippen LogP contribution >= 0.6 is 0 Å². The summed E-state index contributed by atoms with van der Waals surface area (Å²) >= 11 is 0. The van der Waals surface area contributed by atoms with E-state index >= 15 is 0 Å². The fraction of sp³-hybridized carbons (Fsp3) is 0.538. The van der Waals surface area contributed by atoms with Crippen molar-refractivity contribution >= 4 is 0 Å². The first-order valence-electron chi connectivity index (χ1n) is 5.91. The first-order chi connectivity index (χ1) is 7.66. The van der Waals surface area contributed by atoms with Gasteiger partial charge in [-0.25, -0.2) is 0 Å². The molecular formula is C13H20N2O. The summed E-state index contributed by atoms with van der Waals surface area (Å²) in [5.41, 5.74) is 1.18. The number of rotatable bonds is 2. The lowest BCUT2D eigenvalue weighted by molar-refractivity contribution is 0.108. The van der Waals surface area contributed by atoms with Gasteiger partial charge in [0.25, 0.3) is 0 Å². The zero-order chi connectivity index (χ0) is 11.5. The van der Waals surface area contributed by atoms with E-state index in [-0.39, 0.29) is 0 Å². The summed E-state index contributed by atoms with van der Waals surface area (Å²) in [6.45, 7) is 7.49. The van der Waals surface area contributed by atoms with Crippen molar-refractivity contribution in [2.75, 3.05) is 13.1 Å². The van der Waals surface area contributed by atoms with Gasteiger partial charge in [-0.3, -0.25) is 4.90 Å². The predicted octanol–water partition coefficient (Wildman–Crippen LogP) is 1.57. The third kappa shape index (κ3) is 2.54. The summed E-state index contributed by atoms with van der Waals surface area (Å²) in [6.07, 6.45) is 0. The Morgan fingerprint density at radius 2 is 2.00 bits per heavy atom. The van der Waals surface area contributed by atoms with Gasteiger partial charge >= 0.3 is 0 Å². The van der Waals surface area contributed by atoms with Gasteiger partial charge in [-0.05, 0) is 31.5 Å². The highest BCUT2D eigenvalue weighted by molar-refractivity contribution is 5.27. The second-order valence-corrected chi connectivity index (χ2v) is 4.70.